The van der Waals surface area contributed by atoms with Crippen LogP contribution in [0.4, 0.5) is 15.2 Å². The lowest BCUT2D eigenvalue weighted by Crippen LogP contribution is -2.14. The molecular weight excluding hydrogens is 481 g/mol. The molecule has 0 saturated carbocycles. The summed E-state index contributed by atoms with van der Waals surface area (Å²) in [6, 6.07) is 13.8. The van der Waals surface area contributed by atoms with Crippen LogP contribution < -0.4 is 11.1 Å². The highest BCUT2D eigenvalue weighted by Gasteiger charge is 2.15. The molecule has 12 heteroatoms. The number of anilines is 2. The van der Waals surface area contributed by atoms with Gasteiger partial charge in [-0.15, -0.1) is 20.4 Å². The average molecular weight is 502 g/mol. The number of hydrogen-bond donors (Lipinski definition) is 2. The molecule has 2 aromatic carbocycles. The first kappa shape index (κ1) is 23.2. The first-order valence-corrected chi connectivity index (χ1v) is 12.7. The lowest BCUT2D eigenvalue weighted by molar-refractivity contribution is -0.113. The van der Waals surface area contributed by atoms with Crippen LogP contribution >= 0.6 is 34.9 Å². The predicted molar refractivity (Wildman–Crippen MR) is 131 cm³/mol. The summed E-state index contributed by atoms with van der Waals surface area (Å²) < 4.78 is 15.7. The molecule has 0 radical (unpaired) electrons. The van der Waals surface area contributed by atoms with Gasteiger partial charge in [0.1, 0.15) is 5.82 Å². The largest absolute Gasteiger partial charge is 0.399 e. The zero-order valence-electron chi connectivity index (χ0n) is 17.6. The monoisotopic (exact) mass is 501 g/mol. The molecule has 3 N–H and O–H groups in total. The van der Waals surface area contributed by atoms with Gasteiger partial charge in [0.05, 0.1) is 5.75 Å². The fraction of sp³-hybridized carbons (Fsp3) is 0.190. The summed E-state index contributed by atoms with van der Waals surface area (Å²) in [5.41, 5.74) is 8.34. The quantitative estimate of drug-likeness (QED) is 0.195. The number of nitrogens with one attached hydrogen (secondary N) is 1. The number of carbonyl (C=O) groups is 1. The number of benzene rings is 2. The smallest absolute Gasteiger partial charge is 0.236 e. The van der Waals surface area contributed by atoms with Gasteiger partial charge in [-0.25, -0.2) is 4.39 Å². The van der Waals surface area contributed by atoms with E-state index in [-0.39, 0.29) is 17.5 Å². The summed E-state index contributed by atoms with van der Waals surface area (Å²) in [6.45, 7) is 2.67. The molecule has 0 saturated heterocycles. The third-order valence-corrected chi connectivity index (χ3v) is 7.47. The topological polar surface area (TPSA) is 112 Å². The van der Waals surface area contributed by atoms with Gasteiger partial charge >= 0.3 is 0 Å². The zero-order valence-corrected chi connectivity index (χ0v) is 20.0. The van der Waals surface area contributed by atoms with Crippen molar-refractivity contribution in [3.8, 4) is 11.4 Å². The van der Waals surface area contributed by atoms with Crippen LogP contribution in [-0.2, 0) is 17.1 Å². The van der Waals surface area contributed by atoms with Crippen molar-refractivity contribution in [3.05, 3.63) is 59.9 Å². The highest BCUT2D eigenvalue weighted by molar-refractivity contribution is 8.00. The van der Waals surface area contributed by atoms with Crippen LogP contribution in [0, 0.1) is 5.82 Å². The van der Waals surface area contributed by atoms with Crippen molar-refractivity contribution >= 4 is 51.6 Å². The van der Waals surface area contributed by atoms with Gasteiger partial charge in [-0.1, -0.05) is 47.0 Å². The van der Waals surface area contributed by atoms with Crippen molar-refractivity contribution in [2.24, 2.45) is 0 Å². The summed E-state index contributed by atoms with van der Waals surface area (Å²) in [5.74, 6) is 1.07. The number of nitrogen functional groups attached to an aromatic ring is 1. The van der Waals surface area contributed by atoms with Gasteiger partial charge in [0, 0.05) is 23.5 Å². The maximum absolute atomic E-state index is 13.0. The van der Waals surface area contributed by atoms with E-state index in [1.165, 1.54) is 47.0 Å². The average Bonchev–Trinajstić information content (AvgIpc) is 3.44. The predicted octanol–water partition coefficient (Wildman–Crippen LogP) is 4.56. The Morgan fingerprint density at radius 1 is 1.06 bits per heavy atom. The number of amides is 1. The lowest BCUT2D eigenvalue weighted by atomic mass is 10.2. The summed E-state index contributed by atoms with van der Waals surface area (Å²) in [7, 11) is 0. The Morgan fingerprint density at radius 2 is 1.82 bits per heavy atom. The molecule has 0 aliphatic rings. The summed E-state index contributed by atoms with van der Waals surface area (Å²) in [6.07, 6.45) is 0. The molecule has 8 nitrogen and oxygen atoms in total. The Kier molecular flexibility index (Phi) is 7.57. The van der Waals surface area contributed by atoms with Crippen LogP contribution in [0.1, 0.15) is 12.5 Å². The van der Waals surface area contributed by atoms with Gasteiger partial charge in [-0.3, -0.25) is 10.1 Å². The fourth-order valence-electron chi connectivity index (χ4n) is 2.86. The maximum Gasteiger partial charge on any atom is 0.236 e. The molecule has 2 aromatic heterocycles. The minimum absolute atomic E-state index is 0.164. The SMILES string of the molecule is CCn1c(SCC(=O)Nc2nnc(SCc3ccc(F)cc3)s2)nnc1-c1ccc(N)cc1. The number of hydrogen-bond acceptors (Lipinski definition) is 9. The van der Waals surface area contributed by atoms with E-state index in [0.29, 0.717) is 28.3 Å². The van der Waals surface area contributed by atoms with E-state index in [4.69, 9.17) is 5.73 Å². The fourth-order valence-corrected chi connectivity index (χ4v) is 5.38. The minimum atomic E-state index is -0.263. The van der Waals surface area contributed by atoms with Gasteiger partial charge in [0.2, 0.25) is 11.0 Å². The summed E-state index contributed by atoms with van der Waals surface area (Å²) in [4.78, 5) is 12.4. The van der Waals surface area contributed by atoms with Gasteiger partial charge in [0.25, 0.3) is 0 Å². The second-order valence-corrected chi connectivity index (χ2v) is 9.94. The molecule has 0 bridgehead atoms. The number of rotatable bonds is 9. The van der Waals surface area contributed by atoms with Crippen molar-refractivity contribution in [2.45, 2.75) is 28.7 Å². The molecule has 2 heterocycles. The van der Waals surface area contributed by atoms with E-state index < -0.39 is 0 Å². The first-order chi connectivity index (χ1) is 16.0. The Bertz CT molecular complexity index is 1230. The molecule has 0 aliphatic carbocycles. The number of thioether (sulfide) groups is 2. The molecule has 0 atom stereocenters. The number of halogens is 1. The minimum Gasteiger partial charge on any atom is -0.399 e. The molecule has 4 aromatic rings. The van der Waals surface area contributed by atoms with Gasteiger partial charge in [-0.05, 0) is 48.9 Å². The van der Waals surface area contributed by atoms with Crippen molar-refractivity contribution in [2.75, 3.05) is 16.8 Å². The standard InChI is InChI=1S/C21H20FN7OS3/c1-2-29-18(14-5-9-16(23)10-6-14)25-27-20(29)31-12-17(30)24-19-26-28-21(33-19)32-11-13-3-7-15(22)8-4-13/h3-10H,2,11-12,23H2,1H3,(H,24,26,30). The number of nitrogens with two attached hydrogens (primary N) is 1. The van der Waals surface area contributed by atoms with E-state index in [1.807, 2.05) is 35.8 Å². The van der Waals surface area contributed by atoms with E-state index in [1.54, 1.807) is 12.1 Å². The van der Waals surface area contributed by atoms with Crippen molar-refractivity contribution in [3.63, 3.8) is 0 Å². The van der Waals surface area contributed by atoms with E-state index in [2.05, 4.69) is 25.7 Å². The Labute approximate surface area is 202 Å². The highest BCUT2D eigenvalue weighted by Crippen LogP contribution is 2.29. The highest BCUT2D eigenvalue weighted by atomic mass is 32.2. The van der Waals surface area contributed by atoms with Crippen LogP contribution in [0.15, 0.2) is 58.0 Å². The molecule has 0 unspecified atom stereocenters. The van der Waals surface area contributed by atoms with E-state index in [9.17, 15) is 9.18 Å². The van der Waals surface area contributed by atoms with Crippen molar-refractivity contribution in [1.82, 2.24) is 25.0 Å². The van der Waals surface area contributed by atoms with Crippen molar-refractivity contribution in [1.29, 1.82) is 0 Å². The Balaban J connectivity index is 1.31. The third-order valence-electron chi connectivity index (χ3n) is 4.46. The molecule has 1 amide bonds. The number of aromatic nitrogens is 5. The Morgan fingerprint density at radius 3 is 2.55 bits per heavy atom. The normalized spacial score (nSPS) is 11.0. The van der Waals surface area contributed by atoms with Crippen LogP contribution in [0.5, 0.6) is 0 Å². The molecule has 0 fully saturated rings. The van der Waals surface area contributed by atoms with Crippen molar-refractivity contribution < 1.29 is 9.18 Å². The number of carbonyl (C=O) groups excluding carboxylic acids is 1. The van der Waals surface area contributed by atoms with Crippen LogP contribution in [0.3, 0.4) is 0 Å². The molecule has 33 heavy (non-hydrogen) atoms. The van der Waals surface area contributed by atoms with Crippen LogP contribution in [0.2, 0.25) is 0 Å². The molecule has 0 aliphatic heterocycles. The van der Waals surface area contributed by atoms with Crippen LogP contribution in [-0.4, -0.2) is 36.6 Å². The zero-order chi connectivity index (χ0) is 23.2. The molecular formula is C21H20FN7OS3. The van der Waals surface area contributed by atoms with E-state index >= 15 is 0 Å². The molecule has 0 spiro atoms. The molecule has 4 rings (SSSR count). The second kappa shape index (κ2) is 10.8. The summed E-state index contributed by atoms with van der Waals surface area (Å²) in [5, 5.41) is 20.5. The van der Waals surface area contributed by atoms with Gasteiger partial charge in [-0.2, -0.15) is 0 Å². The third kappa shape index (κ3) is 6.09. The Hall–Kier alpha value is -2.96. The van der Waals surface area contributed by atoms with Gasteiger partial charge < -0.3 is 10.3 Å². The lowest BCUT2D eigenvalue weighted by Gasteiger charge is -2.07. The first-order valence-electron chi connectivity index (χ1n) is 9.94. The van der Waals surface area contributed by atoms with Gasteiger partial charge in [0.15, 0.2) is 15.3 Å². The summed E-state index contributed by atoms with van der Waals surface area (Å²) >= 11 is 4.08. The second-order valence-electron chi connectivity index (χ2n) is 6.80. The van der Waals surface area contributed by atoms with E-state index in [0.717, 1.165) is 21.3 Å². The number of nitrogens with zero attached hydrogens (tertiary/aromatic N) is 5. The van der Waals surface area contributed by atoms with Crippen LogP contribution in [0.25, 0.3) is 11.4 Å². The maximum atomic E-state index is 13.0. The molecule has 170 valence electrons.